The molecule has 0 saturated carbocycles. The van der Waals surface area contributed by atoms with Gasteiger partial charge in [0.15, 0.2) is 5.11 Å². The van der Waals surface area contributed by atoms with E-state index in [0.29, 0.717) is 47.8 Å². The first-order valence-electron chi connectivity index (χ1n) is 10.5. The predicted molar refractivity (Wildman–Crippen MR) is 136 cm³/mol. The van der Waals surface area contributed by atoms with Crippen molar-refractivity contribution in [3.8, 4) is 11.3 Å². The Bertz CT molecular complexity index is 1220. The van der Waals surface area contributed by atoms with E-state index < -0.39 is 4.92 Å². The summed E-state index contributed by atoms with van der Waals surface area (Å²) in [5.74, 6) is 0.883. The third kappa shape index (κ3) is 5.81. The van der Waals surface area contributed by atoms with Gasteiger partial charge in [0.25, 0.3) is 5.69 Å². The van der Waals surface area contributed by atoms with Crippen LogP contribution in [0.25, 0.3) is 17.4 Å². The number of benzene rings is 2. The second-order valence-corrected chi connectivity index (χ2v) is 8.41. The van der Waals surface area contributed by atoms with Gasteiger partial charge in [0.1, 0.15) is 11.5 Å². The van der Waals surface area contributed by atoms with E-state index in [0.717, 1.165) is 11.3 Å². The fraction of sp³-hybridized carbons (Fsp3) is 0.167. The van der Waals surface area contributed by atoms with Crippen molar-refractivity contribution in [3.05, 3.63) is 87.6 Å². The molecule has 0 aliphatic carbocycles. The molecule has 1 aromatic heterocycles. The van der Waals surface area contributed by atoms with Crippen molar-refractivity contribution < 1.29 is 14.1 Å². The molecule has 2 heterocycles. The molecule has 0 radical (unpaired) electrons. The van der Waals surface area contributed by atoms with Crippen LogP contribution in [0.3, 0.4) is 0 Å². The first kappa shape index (κ1) is 23.5. The van der Waals surface area contributed by atoms with Crippen molar-refractivity contribution in [3.63, 3.8) is 0 Å². The van der Waals surface area contributed by atoms with Gasteiger partial charge in [0.05, 0.1) is 4.92 Å². The topological polar surface area (TPSA) is 91.9 Å². The lowest BCUT2D eigenvalue weighted by atomic mass is 10.2. The molecule has 4 rings (SSSR count). The monoisotopic (exact) mass is 496 g/mol. The molecule has 1 aliphatic heterocycles. The van der Waals surface area contributed by atoms with Crippen molar-refractivity contribution in [2.45, 2.75) is 0 Å². The smallest absolute Gasteiger partial charge is 0.269 e. The molecule has 34 heavy (non-hydrogen) atoms. The highest BCUT2D eigenvalue weighted by Gasteiger charge is 2.20. The molecule has 3 aromatic rings. The summed E-state index contributed by atoms with van der Waals surface area (Å²) in [5, 5.41) is 14.5. The van der Waals surface area contributed by atoms with Crippen molar-refractivity contribution in [2.75, 3.05) is 31.1 Å². The van der Waals surface area contributed by atoms with E-state index in [4.69, 9.17) is 28.2 Å². The summed E-state index contributed by atoms with van der Waals surface area (Å²) in [6, 6.07) is 17.4. The average molecular weight is 497 g/mol. The van der Waals surface area contributed by atoms with Crippen molar-refractivity contribution >= 4 is 52.3 Å². The van der Waals surface area contributed by atoms with Crippen molar-refractivity contribution in [1.29, 1.82) is 0 Å². The van der Waals surface area contributed by atoms with E-state index in [1.54, 1.807) is 36.4 Å². The number of rotatable bonds is 5. The molecule has 0 spiro atoms. The SMILES string of the molecule is O=C(C=Cc1ccc(-c2ccc(Cl)cc2)o1)NC(=S)N1CCN(c2ccc([N+](=O)[O-])cc2)CC1. The third-order valence-corrected chi connectivity index (χ3v) is 5.99. The van der Waals surface area contributed by atoms with Crippen LogP contribution in [0.15, 0.2) is 71.2 Å². The van der Waals surface area contributed by atoms with Gasteiger partial charge in [-0.25, -0.2) is 0 Å². The molecule has 0 bridgehead atoms. The summed E-state index contributed by atoms with van der Waals surface area (Å²) in [6.45, 7) is 2.62. The minimum Gasteiger partial charge on any atom is -0.457 e. The Morgan fingerprint density at radius 1 is 1.03 bits per heavy atom. The summed E-state index contributed by atoms with van der Waals surface area (Å²) in [4.78, 5) is 26.8. The highest BCUT2D eigenvalue weighted by molar-refractivity contribution is 7.80. The third-order valence-electron chi connectivity index (χ3n) is 5.38. The molecule has 1 N–H and O–H groups in total. The fourth-order valence-corrected chi connectivity index (χ4v) is 3.96. The van der Waals surface area contributed by atoms with Crippen LogP contribution in [0, 0.1) is 10.1 Å². The summed E-state index contributed by atoms with van der Waals surface area (Å²) in [7, 11) is 0. The van der Waals surface area contributed by atoms with Crippen molar-refractivity contribution in [2.24, 2.45) is 0 Å². The zero-order chi connectivity index (χ0) is 24.1. The molecule has 1 fully saturated rings. The van der Waals surface area contributed by atoms with Gasteiger partial charge in [-0.1, -0.05) is 11.6 Å². The summed E-state index contributed by atoms with van der Waals surface area (Å²) >= 11 is 11.3. The number of furan rings is 1. The van der Waals surface area contributed by atoms with Crippen LogP contribution in [0.4, 0.5) is 11.4 Å². The number of hydrogen-bond acceptors (Lipinski definition) is 6. The van der Waals surface area contributed by atoms with Gasteiger partial charge >= 0.3 is 0 Å². The molecule has 0 unspecified atom stereocenters. The number of carbonyl (C=O) groups excluding carboxylic acids is 1. The van der Waals surface area contributed by atoms with Gasteiger partial charge in [-0.05, 0) is 66.8 Å². The van der Waals surface area contributed by atoms with Gasteiger partial charge in [-0.3, -0.25) is 20.2 Å². The number of piperazine rings is 1. The quantitative estimate of drug-likeness (QED) is 0.236. The van der Waals surface area contributed by atoms with Gasteiger partial charge < -0.3 is 14.2 Å². The van der Waals surface area contributed by atoms with Gasteiger partial charge in [0, 0.05) is 60.7 Å². The van der Waals surface area contributed by atoms with Crippen LogP contribution in [0.2, 0.25) is 5.02 Å². The molecule has 1 aliphatic rings. The maximum Gasteiger partial charge on any atom is 0.269 e. The Morgan fingerprint density at radius 2 is 1.71 bits per heavy atom. The van der Waals surface area contributed by atoms with E-state index in [1.165, 1.54) is 18.2 Å². The Hall–Kier alpha value is -3.69. The summed E-state index contributed by atoms with van der Waals surface area (Å²) in [6.07, 6.45) is 2.97. The molecule has 1 amide bonds. The number of nitrogens with one attached hydrogen (secondary N) is 1. The minimum atomic E-state index is -0.415. The van der Waals surface area contributed by atoms with Crippen LogP contribution in [0.5, 0.6) is 0 Å². The van der Waals surface area contributed by atoms with Crippen molar-refractivity contribution in [1.82, 2.24) is 10.2 Å². The number of carbonyl (C=O) groups is 1. The molecular formula is C24H21ClN4O4S. The Labute approximate surface area is 206 Å². The van der Waals surface area contributed by atoms with Gasteiger partial charge in [-0.15, -0.1) is 0 Å². The molecule has 10 heteroatoms. The van der Waals surface area contributed by atoms with E-state index in [9.17, 15) is 14.9 Å². The zero-order valence-electron chi connectivity index (χ0n) is 18.0. The van der Waals surface area contributed by atoms with E-state index in [2.05, 4.69) is 10.2 Å². The first-order chi connectivity index (χ1) is 16.4. The molecule has 174 valence electrons. The number of hydrogen-bond donors (Lipinski definition) is 1. The van der Waals surface area contributed by atoms with Gasteiger partial charge in [-0.2, -0.15) is 0 Å². The Morgan fingerprint density at radius 3 is 2.35 bits per heavy atom. The molecule has 1 saturated heterocycles. The van der Waals surface area contributed by atoms with Crippen LogP contribution in [0.1, 0.15) is 5.76 Å². The maximum absolute atomic E-state index is 12.3. The number of thiocarbonyl (C=S) groups is 1. The lowest BCUT2D eigenvalue weighted by molar-refractivity contribution is -0.384. The number of halogens is 1. The van der Waals surface area contributed by atoms with Crippen LogP contribution < -0.4 is 10.2 Å². The number of anilines is 1. The predicted octanol–water partition coefficient (Wildman–Crippen LogP) is 4.74. The first-order valence-corrected chi connectivity index (χ1v) is 11.3. The summed E-state index contributed by atoms with van der Waals surface area (Å²) in [5.41, 5.74) is 1.87. The second kappa shape index (κ2) is 10.5. The largest absolute Gasteiger partial charge is 0.457 e. The number of nitrogens with zero attached hydrogens (tertiary/aromatic N) is 3. The normalized spacial score (nSPS) is 13.8. The van der Waals surface area contributed by atoms with Crippen LogP contribution in [-0.2, 0) is 4.79 Å². The molecule has 2 aromatic carbocycles. The summed E-state index contributed by atoms with van der Waals surface area (Å²) < 4.78 is 5.76. The van der Waals surface area contributed by atoms with Gasteiger partial charge in [0.2, 0.25) is 5.91 Å². The number of amides is 1. The van der Waals surface area contributed by atoms with Crippen LogP contribution in [-0.4, -0.2) is 47.0 Å². The average Bonchev–Trinajstić information content (AvgIpc) is 3.32. The number of non-ortho nitro benzene ring substituents is 1. The van der Waals surface area contributed by atoms with E-state index in [1.807, 2.05) is 23.1 Å². The highest BCUT2D eigenvalue weighted by Crippen LogP contribution is 2.24. The molecule has 0 atom stereocenters. The second-order valence-electron chi connectivity index (χ2n) is 7.58. The number of nitro groups is 1. The zero-order valence-corrected chi connectivity index (χ0v) is 19.6. The maximum atomic E-state index is 12.3. The molecular weight excluding hydrogens is 476 g/mol. The fourth-order valence-electron chi connectivity index (χ4n) is 3.55. The van der Waals surface area contributed by atoms with Crippen LogP contribution >= 0.6 is 23.8 Å². The Kier molecular flexibility index (Phi) is 7.24. The lowest BCUT2D eigenvalue weighted by Gasteiger charge is -2.37. The van der Waals surface area contributed by atoms with E-state index in [-0.39, 0.29) is 11.6 Å². The Balaban J connectivity index is 1.26. The molecule has 8 nitrogen and oxygen atoms in total. The highest BCUT2D eigenvalue weighted by atomic mass is 35.5. The minimum absolute atomic E-state index is 0.0649. The standard InChI is InChI=1S/C24H21ClN4O4S/c25-18-3-1-17(2-4-18)22-11-9-21(33-22)10-12-23(30)26-24(34)28-15-13-27(14-16-28)19-5-7-20(8-6-19)29(31)32/h1-12H,13-16H2,(H,26,30,34). The number of nitro benzene ring substituents is 1. The lowest BCUT2D eigenvalue weighted by Crippen LogP contribution is -2.52. The van der Waals surface area contributed by atoms with E-state index >= 15 is 0 Å².